The Labute approximate surface area is 170 Å². The summed E-state index contributed by atoms with van der Waals surface area (Å²) < 4.78 is 10.9. The van der Waals surface area contributed by atoms with Gasteiger partial charge in [-0.3, -0.25) is 4.79 Å². The van der Waals surface area contributed by atoms with Crippen molar-refractivity contribution in [2.45, 2.75) is 30.6 Å². The first kappa shape index (κ1) is 18.7. The van der Waals surface area contributed by atoms with Crippen LogP contribution >= 0.6 is 0 Å². The highest BCUT2D eigenvalue weighted by molar-refractivity contribution is 5.79. The molecule has 0 unspecified atom stereocenters. The molecule has 4 aliphatic heterocycles. The van der Waals surface area contributed by atoms with Crippen molar-refractivity contribution in [3.8, 4) is 0 Å². The number of rotatable bonds is 3. The highest BCUT2D eigenvalue weighted by Gasteiger charge is 2.40. The molecule has 29 heavy (non-hydrogen) atoms. The van der Waals surface area contributed by atoms with Crippen LogP contribution in [0.5, 0.6) is 0 Å². The molecule has 0 radical (unpaired) electrons. The van der Waals surface area contributed by atoms with Crippen LogP contribution in [-0.4, -0.2) is 93.0 Å². The molecule has 3 amide bonds. The Balaban J connectivity index is 1.12. The molecule has 4 aliphatic rings. The number of likely N-dealkylation sites (tertiary alicyclic amines) is 2. The Kier molecular flexibility index (Phi) is 4.83. The first-order valence-electron chi connectivity index (χ1n) is 10.4. The Morgan fingerprint density at radius 3 is 2.59 bits per heavy atom. The number of amides is 3. The van der Waals surface area contributed by atoms with E-state index in [1.165, 1.54) is 11.3 Å². The van der Waals surface area contributed by atoms with Gasteiger partial charge in [-0.15, -0.1) is 0 Å². The second-order valence-electron chi connectivity index (χ2n) is 8.50. The Morgan fingerprint density at radius 2 is 1.86 bits per heavy atom. The molecule has 5 rings (SSSR count). The fourth-order valence-corrected chi connectivity index (χ4v) is 4.67. The largest absolute Gasteiger partial charge is 0.378 e. The first-order chi connectivity index (χ1) is 14.1. The maximum Gasteiger partial charge on any atom is 0.320 e. The van der Waals surface area contributed by atoms with Crippen LogP contribution in [0.25, 0.3) is 0 Å². The monoisotopic (exact) mass is 400 g/mol. The number of methoxy groups -OCH3 is 1. The molecule has 0 aromatic heterocycles. The highest BCUT2D eigenvalue weighted by Crippen LogP contribution is 2.31. The van der Waals surface area contributed by atoms with Crippen molar-refractivity contribution in [3.05, 3.63) is 29.8 Å². The van der Waals surface area contributed by atoms with Crippen molar-refractivity contribution in [1.29, 1.82) is 0 Å². The Hall–Kier alpha value is -2.32. The lowest BCUT2D eigenvalue weighted by Crippen LogP contribution is -2.63. The van der Waals surface area contributed by atoms with Gasteiger partial charge in [-0.1, -0.05) is 12.1 Å². The summed E-state index contributed by atoms with van der Waals surface area (Å²) in [6.07, 6.45) is 1.15. The summed E-state index contributed by atoms with van der Waals surface area (Å²) in [6, 6.07) is 8.69. The molecule has 8 nitrogen and oxygen atoms in total. The average Bonchev–Trinajstić information content (AvgIpc) is 2.66. The number of hydrogen-bond donors (Lipinski definition) is 1. The molecule has 1 N–H and O–H groups in total. The van der Waals surface area contributed by atoms with Gasteiger partial charge in [0.05, 0.1) is 18.2 Å². The standard InChI is InChI=1S/C21H28N4O4/c1-28-17-10-24(11-17)16-4-2-14(3-5-16)15-8-25(9-15)21(27)23-7-6-19-18(12-23)22-20(26)13-29-19/h2-5,15,17-19H,6-13H2,1H3,(H,22,26)/t18-,19+/m1/s1. The third-order valence-corrected chi connectivity index (χ3v) is 6.66. The van der Waals surface area contributed by atoms with E-state index in [-0.39, 0.29) is 30.7 Å². The van der Waals surface area contributed by atoms with Crippen LogP contribution in [0.4, 0.5) is 10.5 Å². The molecule has 4 heterocycles. The summed E-state index contributed by atoms with van der Waals surface area (Å²) in [5, 5.41) is 2.95. The summed E-state index contributed by atoms with van der Waals surface area (Å²) in [5.74, 6) is 0.301. The zero-order valence-corrected chi connectivity index (χ0v) is 16.8. The van der Waals surface area contributed by atoms with Crippen molar-refractivity contribution < 1.29 is 19.1 Å². The third kappa shape index (κ3) is 3.55. The van der Waals surface area contributed by atoms with Crippen molar-refractivity contribution in [3.63, 3.8) is 0 Å². The molecule has 4 fully saturated rings. The summed E-state index contributed by atoms with van der Waals surface area (Å²) in [7, 11) is 1.76. The van der Waals surface area contributed by atoms with Gasteiger partial charge < -0.3 is 29.5 Å². The van der Waals surface area contributed by atoms with E-state index in [4.69, 9.17) is 9.47 Å². The molecule has 156 valence electrons. The first-order valence-corrected chi connectivity index (χ1v) is 10.4. The van der Waals surface area contributed by atoms with Gasteiger partial charge in [0, 0.05) is 58.0 Å². The number of carbonyl (C=O) groups is 2. The van der Waals surface area contributed by atoms with E-state index >= 15 is 0 Å². The van der Waals surface area contributed by atoms with E-state index in [9.17, 15) is 9.59 Å². The zero-order valence-electron chi connectivity index (χ0n) is 16.8. The summed E-state index contributed by atoms with van der Waals surface area (Å²) >= 11 is 0. The Morgan fingerprint density at radius 1 is 1.10 bits per heavy atom. The van der Waals surface area contributed by atoms with Crippen LogP contribution in [-0.2, 0) is 14.3 Å². The summed E-state index contributed by atoms with van der Waals surface area (Å²) in [6.45, 7) is 4.75. The van der Waals surface area contributed by atoms with Gasteiger partial charge in [0.25, 0.3) is 0 Å². The van der Waals surface area contributed by atoms with Crippen LogP contribution < -0.4 is 10.2 Å². The van der Waals surface area contributed by atoms with Crippen LogP contribution in [0.1, 0.15) is 17.9 Å². The Bertz CT molecular complexity index is 773. The number of urea groups is 1. The predicted octanol–water partition coefficient (Wildman–Crippen LogP) is 0.630. The van der Waals surface area contributed by atoms with E-state index < -0.39 is 0 Å². The maximum absolute atomic E-state index is 12.8. The van der Waals surface area contributed by atoms with E-state index in [0.717, 1.165) is 32.6 Å². The van der Waals surface area contributed by atoms with Gasteiger partial charge in [-0.25, -0.2) is 4.79 Å². The fraction of sp³-hybridized carbons (Fsp3) is 0.619. The van der Waals surface area contributed by atoms with Crippen LogP contribution in [0.2, 0.25) is 0 Å². The number of piperidine rings is 1. The molecule has 1 aromatic rings. The molecule has 0 spiro atoms. The number of anilines is 1. The van der Waals surface area contributed by atoms with Gasteiger partial charge in [-0.05, 0) is 24.1 Å². The number of ether oxygens (including phenoxy) is 2. The molecular weight excluding hydrogens is 372 g/mol. The fourth-order valence-electron chi connectivity index (χ4n) is 4.67. The number of carbonyl (C=O) groups excluding carboxylic acids is 2. The second-order valence-corrected chi connectivity index (χ2v) is 8.50. The van der Waals surface area contributed by atoms with Gasteiger partial charge in [-0.2, -0.15) is 0 Å². The van der Waals surface area contributed by atoms with Gasteiger partial charge in [0.1, 0.15) is 6.61 Å². The maximum atomic E-state index is 12.8. The number of nitrogens with zero attached hydrogens (tertiary/aromatic N) is 3. The summed E-state index contributed by atoms with van der Waals surface area (Å²) in [4.78, 5) is 30.5. The van der Waals surface area contributed by atoms with E-state index in [1.807, 2.05) is 9.80 Å². The second kappa shape index (κ2) is 7.50. The molecule has 8 heteroatoms. The lowest BCUT2D eigenvalue weighted by molar-refractivity contribution is -0.139. The minimum atomic E-state index is -0.0935. The quantitative estimate of drug-likeness (QED) is 0.806. The SMILES string of the molecule is COC1CN(c2ccc(C3CN(C(=O)N4CC[C@@H]5OCC(=O)N[C@@H]5C4)C3)cc2)C1. The van der Waals surface area contributed by atoms with E-state index in [1.54, 1.807) is 7.11 Å². The highest BCUT2D eigenvalue weighted by atomic mass is 16.5. The van der Waals surface area contributed by atoms with Crippen LogP contribution in [0, 0.1) is 0 Å². The smallest absolute Gasteiger partial charge is 0.320 e. The number of morpholine rings is 1. The normalized spacial score (nSPS) is 27.8. The molecule has 4 saturated heterocycles. The third-order valence-electron chi connectivity index (χ3n) is 6.66. The van der Waals surface area contributed by atoms with Crippen LogP contribution in [0.15, 0.2) is 24.3 Å². The summed E-state index contributed by atoms with van der Waals surface area (Å²) in [5.41, 5.74) is 2.52. The van der Waals surface area contributed by atoms with Gasteiger partial charge >= 0.3 is 6.03 Å². The van der Waals surface area contributed by atoms with Gasteiger partial charge in [0.2, 0.25) is 5.91 Å². The number of hydrogen-bond acceptors (Lipinski definition) is 5. The minimum Gasteiger partial charge on any atom is -0.378 e. The van der Waals surface area contributed by atoms with Gasteiger partial charge in [0.15, 0.2) is 0 Å². The topological polar surface area (TPSA) is 74.3 Å². The van der Waals surface area contributed by atoms with E-state index in [0.29, 0.717) is 25.1 Å². The molecule has 0 saturated carbocycles. The lowest BCUT2D eigenvalue weighted by Gasteiger charge is -2.46. The number of benzene rings is 1. The van der Waals surface area contributed by atoms with Crippen molar-refractivity contribution in [2.75, 3.05) is 57.9 Å². The average molecular weight is 400 g/mol. The zero-order chi connectivity index (χ0) is 20.0. The molecule has 0 aliphatic carbocycles. The molecule has 1 aromatic carbocycles. The van der Waals surface area contributed by atoms with Crippen molar-refractivity contribution >= 4 is 17.6 Å². The predicted molar refractivity (Wildman–Crippen MR) is 107 cm³/mol. The molecular formula is C21H28N4O4. The van der Waals surface area contributed by atoms with Crippen LogP contribution in [0.3, 0.4) is 0 Å². The van der Waals surface area contributed by atoms with Crippen molar-refractivity contribution in [2.24, 2.45) is 0 Å². The minimum absolute atomic E-state index is 0.0324. The van der Waals surface area contributed by atoms with Crippen molar-refractivity contribution in [1.82, 2.24) is 15.1 Å². The van der Waals surface area contributed by atoms with E-state index in [2.05, 4.69) is 34.5 Å². The molecule has 0 bridgehead atoms. The number of fused-ring (bicyclic) bond motifs is 1. The number of nitrogens with one attached hydrogen (secondary N) is 1. The lowest BCUT2D eigenvalue weighted by atomic mass is 9.91. The molecule has 2 atom stereocenters.